The number of ether oxygens (including phenoxy) is 4. The Kier molecular flexibility index (Phi) is 6.21. The van der Waals surface area contributed by atoms with Crippen LogP contribution in [0.3, 0.4) is 0 Å². The minimum Gasteiger partial charge on any atom is -0.466 e. The Labute approximate surface area is 180 Å². The van der Waals surface area contributed by atoms with Crippen LogP contribution in [0.25, 0.3) is 0 Å². The van der Waals surface area contributed by atoms with Crippen molar-refractivity contribution >= 4 is 29.8 Å². The van der Waals surface area contributed by atoms with Crippen LogP contribution in [0.2, 0.25) is 0 Å². The summed E-state index contributed by atoms with van der Waals surface area (Å²) in [7, 11) is 1.09. The fourth-order valence-electron chi connectivity index (χ4n) is 2.95. The summed E-state index contributed by atoms with van der Waals surface area (Å²) in [6.45, 7) is 13.4. The summed E-state index contributed by atoms with van der Waals surface area (Å²) in [4.78, 5) is 52.1. The van der Waals surface area contributed by atoms with Gasteiger partial charge in [0.25, 0.3) is 11.5 Å². The van der Waals surface area contributed by atoms with Crippen LogP contribution < -0.4 is 4.90 Å². The Balaban J connectivity index is 2.68. The molecule has 0 saturated carbocycles. The summed E-state index contributed by atoms with van der Waals surface area (Å²) < 4.78 is 20.7. The van der Waals surface area contributed by atoms with E-state index in [4.69, 9.17) is 18.9 Å². The van der Waals surface area contributed by atoms with Crippen molar-refractivity contribution in [2.24, 2.45) is 0 Å². The Morgan fingerprint density at radius 1 is 0.968 bits per heavy atom. The van der Waals surface area contributed by atoms with Crippen molar-refractivity contribution in [1.29, 1.82) is 0 Å². The van der Waals surface area contributed by atoms with Crippen molar-refractivity contribution in [2.75, 3.05) is 12.0 Å². The molecule has 0 bridgehead atoms. The first kappa shape index (κ1) is 23.9. The fraction of sp³-hybridized carbons (Fsp3) is 0.455. The number of fused-ring (bicyclic) bond motifs is 1. The maximum Gasteiger partial charge on any atom is 0.510 e. The van der Waals surface area contributed by atoms with Gasteiger partial charge < -0.3 is 18.9 Å². The van der Waals surface area contributed by atoms with E-state index in [0.29, 0.717) is 4.90 Å². The van der Waals surface area contributed by atoms with Gasteiger partial charge >= 0.3 is 18.2 Å². The molecule has 0 saturated heterocycles. The number of imide groups is 1. The molecule has 1 aromatic carbocycles. The fourth-order valence-corrected chi connectivity index (χ4v) is 2.95. The van der Waals surface area contributed by atoms with Crippen LogP contribution in [0, 0.1) is 0 Å². The van der Waals surface area contributed by atoms with Gasteiger partial charge in [0.05, 0.1) is 18.4 Å². The molecule has 2 amide bonds. The van der Waals surface area contributed by atoms with Gasteiger partial charge in [-0.15, -0.1) is 0 Å². The minimum atomic E-state index is -2.37. The Morgan fingerprint density at radius 2 is 1.52 bits per heavy atom. The molecule has 31 heavy (non-hydrogen) atoms. The smallest absolute Gasteiger partial charge is 0.466 e. The topological polar surface area (TPSA) is 108 Å². The lowest BCUT2D eigenvalue weighted by Crippen LogP contribution is -2.50. The Morgan fingerprint density at radius 3 is 2.03 bits per heavy atom. The second kappa shape index (κ2) is 8.05. The molecule has 1 unspecified atom stereocenters. The number of carbonyl (C=O) groups is 4. The van der Waals surface area contributed by atoms with E-state index in [1.54, 1.807) is 53.7 Å². The van der Waals surface area contributed by atoms with Crippen molar-refractivity contribution in [1.82, 2.24) is 0 Å². The molecule has 0 radical (unpaired) electrons. The zero-order valence-electron chi connectivity index (χ0n) is 18.7. The predicted molar refractivity (Wildman–Crippen MR) is 110 cm³/mol. The van der Waals surface area contributed by atoms with Crippen molar-refractivity contribution < 1.29 is 38.1 Å². The number of hydrogen-bond acceptors (Lipinski definition) is 8. The molecule has 0 aromatic heterocycles. The molecule has 1 aliphatic heterocycles. The highest BCUT2D eigenvalue weighted by Crippen LogP contribution is 2.48. The van der Waals surface area contributed by atoms with E-state index >= 15 is 0 Å². The number of anilines is 1. The molecule has 0 N–H and O–H groups in total. The summed E-state index contributed by atoms with van der Waals surface area (Å²) in [6.07, 6.45) is -2.23. The highest BCUT2D eigenvalue weighted by molar-refractivity contribution is 6.24. The second-order valence-corrected chi connectivity index (χ2v) is 8.86. The van der Waals surface area contributed by atoms with Crippen LogP contribution in [-0.4, -0.2) is 42.4 Å². The third-order valence-corrected chi connectivity index (χ3v) is 4.09. The normalized spacial score (nSPS) is 18.2. The lowest BCUT2D eigenvalue weighted by atomic mass is 9.87. The molecule has 1 aromatic rings. The molecule has 2 rings (SSSR count). The van der Waals surface area contributed by atoms with Crippen molar-refractivity contribution in [3.8, 4) is 0 Å². The summed E-state index contributed by atoms with van der Waals surface area (Å²) in [5.41, 5.74) is -4.60. The average Bonchev–Trinajstić information content (AvgIpc) is 2.86. The zero-order chi connectivity index (χ0) is 23.8. The number of benzene rings is 1. The molecule has 1 aliphatic rings. The number of para-hydroxylation sites is 1. The first-order valence-electron chi connectivity index (χ1n) is 9.51. The summed E-state index contributed by atoms with van der Waals surface area (Å²) >= 11 is 0. The minimum absolute atomic E-state index is 0.0483. The molecular weight excluding hydrogens is 406 g/mol. The van der Waals surface area contributed by atoms with E-state index in [1.165, 1.54) is 12.1 Å². The molecule has 9 nitrogen and oxygen atoms in total. The molecule has 168 valence electrons. The number of nitrogens with zero attached hydrogens (tertiary/aromatic N) is 1. The van der Waals surface area contributed by atoms with Gasteiger partial charge in [-0.05, 0) is 47.6 Å². The van der Waals surface area contributed by atoms with Crippen LogP contribution in [0.5, 0.6) is 0 Å². The van der Waals surface area contributed by atoms with E-state index in [-0.39, 0.29) is 11.3 Å². The van der Waals surface area contributed by atoms with E-state index in [0.717, 1.165) is 7.11 Å². The Bertz CT molecular complexity index is 938. The standard InChI is InChI=1S/C22H27NO8/c1-13(16(24)28-8)22(31-19(27)30-21(5,6)7)14-11-9-10-12-15(14)23(17(22)25)18(26)29-20(2,3)4/h9-12H,1H2,2-8H3. The highest BCUT2D eigenvalue weighted by atomic mass is 16.7. The van der Waals surface area contributed by atoms with Crippen molar-refractivity contribution in [2.45, 2.75) is 58.3 Å². The van der Waals surface area contributed by atoms with Crippen LogP contribution in [0.1, 0.15) is 47.1 Å². The first-order valence-corrected chi connectivity index (χ1v) is 9.51. The number of hydrogen-bond donors (Lipinski definition) is 0. The monoisotopic (exact) mass is 433 g/mol. The third-order valence-electron chi connectivity index (χ3n) is 4.09. The quantitative estimate of drug-likeness (QED) is 0.402. The molecule has 9 heteroatoms. The van der Waals surface area contributed by atoms with Gasteiger partial charge in [-0.25, -0.2) is 19.3 Å². The molecule has 0 fully saturated rings. The Hall–Kier alpha value is -3.36. The first-order chi connectivity index (χ1) is 14.1. The predicted octanol–water partition coefficient (Wildman–Crippen LogP) is 3.84. The van der Waals surface area contributed by atoms with E-state index < -0.39 is 46.5 Å². The maximum atomic E-state index is 13.6. The average molecular weight is 433 g/mol. The van der Waals surface area contributed by atoms with Gasteiger partial charge in [0.2, 0.25) is 0 Å². The van der Waals surface area contributed by atoms with Crippen LogP contribution in [0.15, 0.2) is 36.4 Å². The van der Waals surface area contributed by atoms with Gasteiger partial charge in [0, 0.05) is 5.56 Å². The SMILES string of the molecule is C=C(C(=O)OC)C1(OC(=O)OC(C)(C)C)C(=O)N(C(=O)OC(C)(C)C)c2ccccc21. The second-order valence-electron chi connectivity index (χ2n) is 8.86. The van der Waals surface area contributed by atoms with Gasteiger partial charge in [-0.3, -0.25) is 4.79 Å². The van der Waals surface area contributed by atoms with Crippen molar-refractivity contribution in [3.63, 3.8) is 0 Å². The summed E-state index contributed by atoms with van der Waals surface area (Å²) in [5.74, 6) is -2.05. The lowest BCUT2D eigenvalue weighted by molar-refractivity contribution is -0.147. The number of amides is 2. The molecular formula is C22H27NO8. The molecule has 1 heterocycles. The van der Waals surface area contributed by atoms with Gasteiger partial charge in [-0.1, -0.05) is 24.8 Å². The van der Waals surface area contributed by atoms with Gasteiger partial charge in [-0.2, -0.15) is 0 Å². The van der Waals surface area contributed by atoms with Crippen LogP contribution >= 0.6 is 0 Å². The van der Waals surface area contributed by atoms with Crippen LogP contribution in [-0.2, 0) is 34.1 Å². The van der Waals surface area contributed by atoms with E-state index in [9.17, 15) is 19.2 Å². The van der Waals surface area contributed by atoms with Gasteiger partial charge in [0.1, 0.15) is 11.2 Å². The lowest BCUT2D eigenvalue weighted by Gasteiger charge is -2.30. The number of carbonyl (C=O) groups excluding carboxylic acids is 4. The molecule has 0 aliphatic carbocycles. The summed E-state index contributed by atoms with van der Waals surface area (Å²) in [6, 6.07) is 6.04. The van der Waals surface area contributed by atoms with Crippen molar-refractivity contribution in [3.05, 3.63) is 42.0 Å². The zero-order valence-corrected chi connectivity index (χ0v) is 18.7. The molecule has 1 atom stereocenters. The van der Waals surface area contributed by atoms with Crippen LogP contribution in [0.4, 0.5) is 15.3 Å². The number of rotatable bonds is 3. The van der Waals surface area contributed by atoms with Gasteiger partial charge in [0.15, 0.2) is 0 Å². The van der Waals surface area contributed by atoms with E-state index in [1.807, 2.05) is 0 Å². The third kappa shape index (κ3) is 4.70. The van der Waals surface area contributed by atoms with E-state index in [2.05, 4.69) is 6.58 Å². The molecule has 0 spiro atoms. The summed E-state index contributed by atoms with van der Waals surface area (Å²) in [5, 5.41) is 0. The maximum absolute atomic E-state index is 13.6. The highest BCUT2D eigenvalue weighted by Gasteiger charge is 2.61. The number of esters is 1. The number of methoxy groups -OCH3 is 1. The largest absolute Gasteiger partial charge is 0.510 e.